The number of rotatable bonds is 2. The lowest BCUT2D eigenvalue weighted by Crippen LogP contribution is -1.86. The number of thiophene rings is 1. The second kappa shape index (κ2) is 3.97. The van der Waals surface area contributed by atoms with Gasteiger partial charge in [0.25, 0.3) is 0 Å². The lowest BCUT2D eigenvalue weighted by molar-refractivity contribution is 0.874. The zero-order valence-electron chi connectivity index (χ0n) is 8.53. The second-order valence-corrected chi connectivity index (χ2v) is 4.64. The van der Waals surface area contributed by atoms with Gasteiger partial charge in [-0.2, -0.15) is 0 Å². The minimum atomic E-state index is 0.608. The smallest absolute Gasteiger partial charge is 0.0377 e. The van der Waals surface area contributed by atoms with Crippen LogP contribution in [-0.2, 0) is 0 Å². The first-order chi connectivity index (χ1) is 6.79. The van der Waals surface area contributed by atoms with Gasteiger partial charge >= 0.3 is 0 Å². The van der Waals surface area contributed by atoms with Crippen LogP contribution in [0.1, 0.15) is 25.3 Å². The van der Waals surface area contributed by atoms with E-state index in [1.54, 1.807) is 0 Å². The van der Waals surface area contributed by atoms with Crippen molar-refractivity contribution in [2.24, 2.45) is 0 Å². The molecule has 0 saturated heterocycles. The maximum Gasteiger partial charge on any atom is 0.0377 e. The largest absolute Gasteiger partial charge is 0.144 e. The first-order valence-electron chi connectivity index (χ1n) is 4.92. The zero-order valence-corrected chi connectivity index (χ0v) is 9.34. The summed E-state index contributed by atoms with van der Waals surface area (Å²) in [5.74, 6) is 0.608. The summed E-state index contributed by atoms with van der Waals surface area (Å²) >= 11 is 1.83. The Balaban J connectivity index is 2.47. The molecule has 0 fully saturated rings. The molecule has 1 heteroatoms. The quantitative estimate of drug-likeness (QED) is 0.670. The minimum Gasteiger partial charge on any atom is -0.144 e. The van der Waals surface area contributed by atoms with Crippen molar-refractivity contribution in [2.75, 3.05) is 0 Å². The Labute approximate surface area is 89.2 Å². The van der Waals surface area contributed by atoms with E-state index >= 15 is 0 Å². The number of hydrogen-bond donors (Lipinski definition) is 0. The highest BCUT2D eigenvalue weighted by molar-refractivity contribution is 7.13. The topological polar surface area (TPSA) is 0 Å². The summed E-state index contributed by atoms with van der Waals surface area (Å²) in [5, 5.41) is 2.18. The molecule has 1 aromatic carbocycles. The molecule has 0 N–H and O–H groups in total. The molecule has 0 amide bonds. The maximum absolute atomic E-state index is 2.24. The average Bonchev–Trinajstić information content (AvgIpc) is 2.67. The summed E-state index contributed by atoms with van der Waals surface area (Å²) < 4.78 is 0. The molecule has 1 heterocycles. The zero-order chi connectivity index (χ0) is 9.97. The lowest BCUT2D eigenvalue weighted by Gasteiger charge is -2.06. The predicted octanol–water partition coefficient (Wildman–Crippen LogP) is 4.54. The second-order valence-electron chi connectivity index (χ2n) is 3.73. The van der Waals surface area contributed by atoms with Gasteiger partial charge in [-0.05, 0) is 28.5 Å². The monoisotopic (exact) mass is 202 g/mol. The molecule has 0 atom stereocenters. The molecule has 0 aliphatic rings. The third kappa shape index (κ3) is 1.73. The van der Waals surface area contributed by atoms with Gasteiger partial charge in [-0.3, -0.25) is 0 Å². The summed E-state index contributed by atoms with van der Waals surface area (Å²) in [6.07, 6.45) is 0. The minimum absolute atomic E-state index is 0.608. The standard InChI is InChI=1S/C13H14S/c1-10(2)12-8-9-14-13(12)11-6-4-3-5-7-11/h3-10H,1-2H3. The van der Waals surface area contributed by atoms with Crippen LogP contribution in [0.15, 0.2) is 41.8 Å². The van der Waals surface area contributed by atoms with Crippen molar-refractivity contribution >= 4 is 11.3 Å². The van der Waals surface area contributed by atoms with E-state index in [2.05, 4.69) is 55.6 Å². The highest BCUT2D eigenvalue weighted by Crippen LogP contribution is 2.33. The van der Waals surface area contributed by atoms with Gasteiger partial charge in [0.2, 0.25) is 0 Å². The van der Waals surface area contributed by atoms with E-state index in [-0.39, 0.29) is 0 Å². The molecule has 1 aromatic heterocycles. The van der Waals surface area contributed by atoms with Gasteiger partial charge in [0.15, 0.2) is 0 Å². The van der Waals surface area contributed by atoms with Gasteiger partial charge in [0.1, 0.15) is 0 Å². The Morgan fingerprint density at radius 3 is 2.36 bits per heavy atom. The molecular formula is C13H14S. The van der Waals surface area contributed by atoms with E-state index in [4.69, 9.17) is 0 Å². The fraction of sp³-hybridized carbons (Fsp3) is 0.231. The molecule has 72 valence electrons. The van der Waals surface area contributed by atoms with E-state index in [0.717, 1.165) is 0 Å². The number of hydrogen-bond acceptors (Lipinski definition) is 1. The molecule has 14 heavy (non-hydrogen) atoms. The molecule has 2 aromatic rings. The fourth-order valence-corrected chi connectivity index (χ4v) is 2.66. The van der Waals surface area contributed by atoms with Crippen LogP contribution in [0.5, 0.6) is 0 Å². The van der Waals surface area contributed by atoms with Gasteiger partial charge in [-0.15, -0.1) is 11.3 Å². The first-order valence-corrected chi connectivity index (χ1v) is 5.80. The van der Waals surface area contributed by atoms with E-state index in [1.807, 2.05) is 11.3 Å². The summed E-state index contributed by atoms with van der Waals surface area (Å²) in [5.41, 5.74) is 2.80. The van der Waals surface area contributed by atoms with Gasteiger partial charge in [0.05, 0.1) is 0 Å². The molecule has 2 rings (SSSR count). The van der Waals surface area contributed by atoms with Crippen LogP contribution in [0, 0.1) is 0 Å². The highest BCUT2D eigenvalue weighted by atomic mass is 32.1. The molecule has 0 unspecified atom stereocenters. The number of benzene rings is 1. The Bertz CT molecular complexity index is 398. The molecule has 0 radical (unpaired) electrons. The Hall–Kier alpha value is -1.08. The van der Waals surface area contributed by atoms with Gasteiger partial charge in [-0.25, -0.2) is 0 Å². The van der Waals surface area contributed by atoms with Crippen molar-refractivity contribution in [3.8, 4) is 10.4 Å². The lowest BCUT2D eigenvalue weighted by atomic mass is 10.0. The fourth-order valence-electron chi connectivity index (χ4n) is 1.60. The van der Waals surface area contributed by atoms with Crippen molar-refractivity contribution in [1.29, 1.82) is 0 Å². The summed E-state index contributed by atoms with van der Waals surface area (Å²) in [6.45, 7) is 4.49. The normalized spacial score (nSPS) is 10.8. The SMILES string of the molecule is CC(C)c1ccsc1-c1ccccc1. The molecule has 0 aliphatic carbocycles. The molecule has 0 nitrogen and oxygen atoms in total. The molecule has 0 saturated carbocycles. The van der Waals surface area contributed by atoms with Gasteiger partial charge in [0, 0.05) is 4.88 Å². The molecule has 0 aliphatic heterocycles. The van der Waals surface area contributed by atoms with Crippen LogP contribution in [0.2, 0.25) is 0 Å². The van der Waals surface area contributed by atoms with E-state index in [9.17, 15) is 0 Å². The third-order valence-corrected chi connectivity index (χ3v) is 3.33. The van der Waals surface area contributed by atoms with E-state index < -0.39 is 0 Å². The first kappa shape index (κ1) is 9.47. The van der Waals surface area contributed by atoms with Crippen LogP contribution in [0.25, 0.3) is 10.4 Å². The van der Waals surface area contributed by atoms with E-state index in [1.165, 1.54) is 16.0 Å². The van der Waals surface area contributed by atoms with Crippen LogP contribution in [-0.4, -0.2) is 0 Å². The summed E-state index contributed by atoms with van der Waals surface area (Å²) in [4.78, 5) is 1.42. The molecule has 0 spiro atoms. The third-order valence-electron chi connectivity index (χ3n) is 2.35. The van der Waals surface area contributed by atoms with Crippen LogP contribution in [0.3, 0.4) is 0 Å². The van der Waals surface area contributed by atoms with Crippen molar-refractivity contribution in [3.05, 3.63) is 47.3 Å². The van der Waals surface area contributed by atoms with Gasteiger partial charge in [-0.1, -0.05) is 44.2 Å². The van der Waals surface area contributed by atoms with Crippen molar-refractivity contribution in [2.45, 2.75) is 19.8 Å². The van der Waals surface area contributed by atoms with Gasteiger partial charge < -0.3 is 0 Å². The molecular weight excluding hydrogens is 188 g/mol. The maximum atomic E-state index is 2.24. The predicted molar refractivity (Wildman–Crippen MR) is 63.8 cm³/mol. The Kier molecular flexibility index (Phi) is 2.69. The summed E-state index contributed by atoms with van der Waals surface area (Å²) in [7, 11) is 0. The summed E-state index contributed by atoms with van der Waals surface area (Å²) in [6, 6.07) is 12.8. The van der Waals surface area contributed by atoms with Crippen LogP contribution >= 0.6 is 11.3 Å². The van der Waals surface area contributed by atoms with Crippen molar-refractivity contribution in [1.82, 2.24) is 0 Å². The molecule has 0 bridgehead atoms. The van der Waals surface area contributed by atoms with Crippen LogP contribution < -0.4 is 0 Å². The van der Waals surface area contributed by atoms with Crippen LogP contribution in [0.4, 0.5) is 0 Å². The van der Waals surface area contributed by atoms with Crippen molar-refractivity contribution < 1.29 is 0 Å². The Morgan fingerprint density at radius 1 is 1.00 bits per heavy atom. The Morgan fingerprint density at radius 2 is 1.71 bits per heavy atom. The van der Waals surface area contributed by atoms with E-state index in [0.29, 0.717) is 5.92 Å². The van der Waals surface area contributed by atoms with Crippen molar-refractivity contribution in [3.63, 3.8) is 0 Å². The highest BCUT2D eigenvalue weighted by Gasteiger charge is 2.08. The average molecular weight is 202 g/mol.